The molecule has 4 nitrogen and oxygen atoms in total. The summed E-state index contributed by atoms with van der Waals surface area (Å²) in [6, 6.07) is 0. The maximum atomic E-state index is 11.8. The van der Waals surface area contributed by atoms with Crippen LogP contribution >= 0.6 is 0 Å². The van der Waals surface area contributed by atoms with Gasteiger partial charge in [-0.25, -0.2) is 0 Å². The summed E-state index contributed by atoms with van der Waals surface area (Å²) in [6.07, 6.45) is 4.16. The number of hydrogen-bond acceptors (Lipinski definition) is 4. The van der Waals surface area contributed by atoms with E-state index in [0.717, 1.165) is 32.2 Å². The first-order valence-electron chi connectivity index (χ1n) is 5.66. The molecule has 2 fully saturated rings. The first-order valence-corrected chi connectivity index (χ1v) is 5.66. The number of ether oxygens (including phenoxy) is 1. The Morgan fingerprint density at radius 1 is 1.33 bits per heavy atom. The third-order valence-corrected chi connectivity index (χ3v) is 4.04. The van der Waals surface area contributed by atoms with Crippen LogP contribution in [-0.4, -0.2) is 36.9 Å². The number of piperidine rings is 1. The molecule has 4 heteroatoms. The van der Waals surface area contributed by atoms with Gasteiger partial charge in [0.15, 0.2) is 0 Å². The molecule has 0 radical (unpaired) electrons. The van der Waals surface area contributed by atoms with Crippen molar-refractivity contribution in [2.75, 3.05) is 20.2 Å². The van der Waals surface area contributed by atoms with Crippen molar-refractivity contribution in [3.8, 4) is 0 Å². The monoisotopic (exact) mass is 213 g/mol. The lowest BCUT2D eigenvalue weighted by molar-refractivity contribution is -0.191. The van der Waals surface area contributed by atoms with Gasteiger partial charge in [-0.05, 0) is 32.2 Å². The highest BCUT2D eigenvalue weighted by Gasteiger charge is 2.59. The fourth-order valence-electron chi connectivity index (χ4n) is 2.88. The van der Waals surface area contributed by atoms with Crippen molar-refractivity contribution in [3.05, 3.63) is 0 Å². The van der Waals surface area contributed by atoms with Gasteiger partial charge in [0.1, 0.15) is 0 Å². The molecule has 15 heavy (non-hydrogen) atoms. The number of β-amino-alcohol motifs (C(OH)–C–C–N with tert-alkyl or cyclic N) is 1. The van der Waals surface area contributed by atoms with Gasteiger partial charge >= 0.3 is 5.97 Å². The Morgan fingerprint density at radius 3 is 2.47 bits per heavy atom. The Labute approximate surface area is 90.0 Å². The van der Waals surface area contributed by atoms with Crippen molar-refractivity contribution >= 4 is 5.97 Å². The molecule has 2 rings (SSSR count). The second-order valence-electron chi connectivity index (χ2n) is 4.74. The van der Waals surface area contributed by atoms with Crippen LogP contribution in [0.15, 0.2) is 0 Å². The lowest BCUT2D eigenvalue weighted by Crippen LogP contribution is -2.63. The molecule has 1 atom stereocenters. The summed E-state index contributed by atoms with van der Waals surface area (Å²) in [7, 11) is 1.40. The van der Waals surface area contributed by atoms with Gasteiger partial charge in [-0.3, -0.25) is 4.79 Å². The highest BCUT2D eigenvalue weighted by atomic mass is 16.5. The third-order valence-electron chi connectivity index (χ3n) is 4.04. The van der Waals surface area contributed by atoms with E-state index in [1.54, 1.807) is 0 Å². The number of carbonyl (C=O) groups excluding carboxylic acids is 1. The topological polar surface area (TPSA) is 58.6 Å². The molecule has 0 bridgehead atoms. The maximum Gasteiger partial charge on any atom is 0.314 e. The minimum absolute atomic E-state index is 0.236. The number of carbonyl (C=O) groups is 1. The molecule has 2 aliphatic rings. The van der Waals surface area contributed by atoms with Crippen LogP contribution in [0, 0.1) is 5.41 Å². The molecule has 1 unspecified atom stereocenters. The van der Waals surface area contributed by atoms with Crippen LogP contribution in [0.25, 0.3) is 0 Å². The van der Waals surface area contributed by atoms with Crippen molar-refractivity contribution in [2.45, 2.75) is 37.7 Å². The minimum Gasteiger partial charge on any atom is -0.469 e. The van der Waals surface area contributed by atoms with E-state index in [1.807, 2.05) is 0 Å². The van der Waals surface area contributed by atoms with Crippen LogP contribution < -0.4 is 5.32 Å². The van der Waals surface area contributed by atoms with E-state index in [-0.39, 0.29) is 5.97 Å². The van der Waals surface area contributed by atoms with E-state index < -0.39 is 11.0 Å². The second-order valence-corrected chi connectivity index (χ2v) is 4.74. The number of rotatable bonds is 2. The Hall–Kier alpha value is -0.610. The van der Waals surface area contributed by atoms with Crippen molar-refractivity contribution in [3.63, 3.8) is 0 Å². The van der Waals surface area contributed by atoms with Gasteiger partial charge in [0.2, 0.25) is 0 Å². The quantitative estimate of drug-likeness (QED) is 0.654. The summed E-state index contributed by atoms with van der Waals surface area (Å²) in [5, 5.41) is 13.8. The van der Waals surface area contributed by atoms with E-state index in [9.17, 15) is 9.90 Å². The standard InChI is InChI=1S/C11H19NO3/c1-15-9(13)10(4-2-5-10)11(14)6-3-7-12-8-11/h12,14H,2-8H2,1H3. The number of hydrogen-bond donors (Lipinski definition) is 2. The summed E-state index contributed by atoms with van der Waals surface area (Å²) in [5.41, 5.74) is -1.52. The highest BCUT2D eigenvalue weighted by Crippen LogP contribution is 2.52. The van der Waals surface area contributed by atoms with E-state index in [1.165, 1.54) is 7.11 Å². The molecule has 86 valence electrons. The predicted molar refractivity (Wildman–Crippen MR) is 55.4 cm³/mol. The molecule has 1 aliphatic heterocycles. The zero-order valence-corrected chi connectivity index (χ0v) is 9.21. The zero-order chi connectivity index (χ0) is 10.9. The van der Waals surface area contributed by atoms with Crippen LogP contribution in [0.2, 0.25) is 0 Å². The van der Waals surface area contributed by atoms with Crippen molar-refractivity contribution in [1.82, 2.24) is 5.32 Å². The number of nitrogens with one attached hydrogen (secondary N) is 1. The van der Waals surface area contributed by atoms with Crippen molar-refractivity contribution in [1.29, 1.82) is 0 Å². The van der Waals surface area contributed by atoms with E-state index in [2.05, 4.69) is 5.32 Å². The number of methoxy groups -OCH3 is 1. The van der Waals surface area contributed by atoms with E-state index in [0.29, 0.717) is 13.0 Å². The molecule has 2 N–H and O–H groups in total. The fourth-order valence-corrected chi connectivity index (χ4v) is 2.88. The van der Waals surface area contributed by atoms with Crippen LogP contribution in [0.5, 0.6) is 0 Å². The smallest absolute Gasteiger partial charge is 0.314 e. The average molecular weight is 213 g/mol. The van der Waals surface area contributed by atoms with Gasteiger partial charge in [0.25, 0.3) is 0 Å². The van der Waals surface area contributed by atoms with Gasteiger partial charge in [-0.15, -0.1) is 0 Å². The summed E-state index contributed by atoms with van der Waals surface area (Å²) in [5.74, 6) is -0.236. The molecule has 0 aromatic carbocycles. The number of esters is 1. The molecule has 1 saturated carbocycles. The minimum atomic E-state index is -0.892. The van der Waals surface area contributed by atoms with Gasteiger partial charge < -0.3 is 15.2 Å². The van der Waals surface area contributed by atoms with Crippen LogP contribution in [0.1, 0.15) is 32.1 Å². The molecule has 0 amide bonds. The summed E-state index contributed by atoms with van der Waals surface area (Å²) < 4.78 is 4.85. The SMILES string of the molecule is COC(=O)C1(C2(O)CCCNC2)CCC1. The largest absolute Gasteiger partial charge is 0.469 e. The molecule has 1 heterocycles. The van der Waals surface area contributed by atoms with Gasteiger partial charge in [-0.2, -0.15) is 0 Å². The summed E-state index contributed by atoms with van der Waals surface area (Å²) in [6.45, 7) is 1.45. The molecule has 1 saturated heterocycles. The molecular formula is C11H19NO3. The van der Waals surface area contributed by atoms with E-state index >= 15 is 0 Å². The van der Waals surface area contributed by atoms with Crippen LogP contribution in [-0.2, 0) is 9.53 Å². The number of aliphatic hydroxyl groups is 1. The Morgan fingerprint density at radius 2 is 2.07 bits per heavy atom. The highest BCUT2D eigenvalue weighted by molar-refractivity contribution is 5.79. The maximum absolute atomic E-state index is 11.8. The van der Waals surface area contributed by atoms with Gasteiger partial charge in [-0.1, -0.05) is 6.42 Å². The lowest BCUT2D eigenvalue weighted by Gasteiger charge is -2.52. The first-order chi connectivity index (χ1) is 7.15. The normalized spacial score (nSPS) is 34.3. The Bertz CT molecular complexity index is 255. The second kappa shape index (κ2) is 3.76. The van der Waals surface area contributed by atoms with Crippen molar-refractivity contribution < 1.29 is 14.6 Å². The van der Waals surface area contributed by atoms with Crippen LogP contribution in [0.4, 0.5) is 0 Å². The summed E-state index contributed by atoms with van der Waals surface area (Å²) in [4.78, 5) is 11.8. The molecule has 0 aromatic heterocycles. The van der Waals surface area contributed by atoms with Crippen molar-refractivity contribution in [2.24, 2.45) is 5.41 Å². The van der Waals surface area contributed by atoms with Crippen LogP contribution in [0.3, 0.4) is 0 Å². The average Bonchev–Trinajstić information content (AvgIpc) is 2.16. The molecule has 1 aliphatic carbocycles. The van der Waals surface area contributed by atoms with Gasteiger partial charge in [0, 0.05) is 6.54 Å². The molecule has 0 aromatic rings. The van der Waals surface area contributed by atoms with E-state index in [4.69, 9.17) is 4.74 Å². The lowest BCUT2D eigenvalue weighted by atomic mass is 9.56. The predicted octanol–water partition coefficient (Wildman–Crippen LogP) is 0.444. The van der Waals surface area contributed by atoms with Gasteiger partial charge in [0.05, 0.1) is 18.1 Å². The Kier molecular flexibility index (Phi) is 2.73. The Balaban J connectivity index is 2.20. The molecule has 0 spiro atoms. The zero-order valence-electron chi connectivity index (χ0n) is 9.21. The fraction of sp³-hybridized carbons (Fsp3) is 0.909. The molecular weight excluding hydrogens is 194 g/mol. The first kappa shape index (κ1) is 10.9. The third kappa shape index (κ3) is 1.47. The summed E-state index contributed by atoms with van der Waals surface area (Å²) >= 11 is 0.